The summed E-state index contributed by atoms with van der Waals surface area (Å²) in [4.78, 5) is 14.0. The molecule has 3 rings (SSSR count). The van der Waals surface area contributed by atoms with E-state index in [-0.39, 0.29) is 16.0 Å². The minimum absolute atomic E-state index is 0.0573. The number of rotatable bonds is 1. The van der Waals surface area contributed by atoms with E-state index in [0.717, 1.165) is 12.8 Å². The fourth-order valence-corrected chi connectivity index (χ4v) is 3.02. The van der Waals surface area contributed by atoms with Crippen molar-refractivity contribution in [2.75, 3.05) is 18.0 Å². The molecule has 5 nitrogen and oxygen atoms in total. The normalized spacial score (nSPS) is 19.3. The molecule has 2 aromatic rings. The van der Waals surface area contributed by atoms with Crippen molar-refractivity contribution in [2.45, 2.75) is 25.9 Å². The van der Waals surface area contributed by atoms with Crippen LogP contribution in [0.15, 0.2) is 0 Å². The molecule has 0 aliphatic carbocycles. The second-order valence-corrected chi connectivity index (χ2v) is 5.78. The van der Waals surface area contributed by atoms with Crippen molar-refractivity contribution in [3.63, 3.8) is 0 Å². The molecule has 1 aliphatic heterocycles. The van der Waals surface area contributed by atoms with Crippen LogP contribution in [0.4, 0.5) is 10.2 Å². The molecule has 0 spiro atoms. The second-order valence-electron chi connectivity index (χ2n) is 5.08. The minimum Gasteiger partial charge on any atom is -0.391 e. The lowest BCUT2D eigenvalue weighted by Gasteiger charge is -2.31. The number of β-amino-alcohol motifs (C(OH)–C–C–N with tert-alkyl or cyclic N) is 1. The monoisotopic (exact) mass is 330 g/mol. The Labute approximate surface area is 130 Å². The number of piperidine rings is 1. The summed E-state index contributed by atoms with van der Waals surface area (Å²) in [5.41, 5.74) is 0.589. The molecule has 1 fully saturated rings. The average molecular weight is 331 g/mol. The van der Waals surface area contributed by atoms with Crippen LogP contribution in [0, 0.1) is 12.7 Å². The summed E-state index contributed by atoms with van der Waals surface area (Å²) in [7, 11) is 0. The molecule has 8 heteroatoms. The van der Waals surface area contributed by atoms with Gasteiger partial charge >= 0.3 is 0 Å². The van der Waals surface area contributed by atoms with Gasteiger partial charge in [-0.2, -0.15) is 4.98 Å². The number of aliphatic hydroxyl groups excluding tert-OH is 1. The molecule has 1 saturated heterocycles. The molecular formula is C13H13Cl2FN4O. The molecule has 0 amide bonds. The van der Waals surface area contributed by atoms with Gasteiger partial charge in [0.15, 0.2) is 11.0 Å². The average Bonchev–Trinajstić information content (AvgIpc) is 2.44. The Morgan fingerprint density at radius 1 is 1.29 bits per heavy atom. The first kappa shape index (κ1) is 14.7. The highest BCUT2D eigenvalue weighted by atomic mass is 35.5. The van der Waals surface area contributed by atoms with Crippen molar-refractivity contribution in [3.05, 3.63) is 21.9 Å². The molecule has 21 heavy (non-hydrogen) atoms. The number of halogens is 3. The third-order valence-electron chi connectivity index (χ3n) is 3.58. The summed E-state index contributed by atoms with van der Waals surface area (Å²) in [6.07, 6.45) is 1.13. The lowest BCUT2D eigenvalue weighted by molar-refractivity contribution is 0.154. The summed E-state index contributed by atoms with van der Waals surface area (Å²) < 4.78 is 14.2. The molecule has 0 radical (unpaired) electrons. The van der Waals surface area contributed by atoms with E-state index in [2.05, 4.69) is 15.0 Å². The van der Waals surface area contributed by atoms with Crippen LogP contribution in [0.5, 0.6) is 0 Å². The maximum atomic E-state index is 14.2. The lowest BCUT2D eigenvalue weighted by atomic mass is 10.1. The van der Waals surface area contributed by atoms with Gasteiger partial charge in [0.1, 0.15) is 11.3 Å². The molecule has 1 atom stereocenters. The summed E-state index contributed by atoms with van der Waals surface area (Å²) >= 11 is 11.7. The Morgan fingerprint density at radius 3 is 2.76 bits per heavy atom. The molecule has 3 heterocycles. The maximum absolute atomic E-state index is 14.2. The number of hydrogen-bond donors (Lipinski definition) is 1. The van der Waals surface area contributed by atoms with E-state index in [1.54, 1.807) is 6.92 Å². The maximum Gasteiger partial charge on any atom is 0.225 e. The minimum atomic E-state index is -0.708. The topological polar surface area (TPSA) is 62.1 Å². The Morgan fingerprint density at radius 2 is 2.05 bits per heavy atom. The number of fused-ring (bicyclic) bond motifs is 1. The van der Waals surface area contributed by atoms with Crippen LogP contribution in [-0.2, 0) is 0 Å². The zero-order valence-electron chi connectivity index (χ0n) is 11.3. The van der Waals surface area contributed by atoms with Gasteiger partial charge in [-0.15, -0.1) is 0 Å². The zero-order chi connectivity index (χ0) is 15.1. The summed E-state index contributed by atoms with van der Waals surface area (Å²) in [5.74, 6) is -0.218. The number of anilines is 1. The molecule has 1 unspecified atom stereocenters. The van der Waals surface area contributed by atoms with Crippen molar-refractivity contribution in [1.29, 1.82) is 0 Å². The first-order valence-electron chi connectivity index (χ1n) is 6.59. The first-order valence-corrected chi connectivity index (χ1v) is 7.35. The lowest BCUT2D eigenvalue weighted by Crippen LogP contribution is -2.39. The van der Waals surface area contributed by atoms with Crippen molar-refractivity contribution in [2.24, 2.45) is 0 Å². The highest BCUT2D eigenvalue weighted by Gasteiger charge is 2.24. The quantitative estimate of drug-likeness (QED) is 0.643. The van der Waals surface area contributed by atoms with E-state index in [1.807, 2.05) is 4.90 Å². The SMILES string of the molecule is Cc1nc(Cl)c(F)c2nc(Cl)nc(N3CCCC(O)C3)c12. The van der Waals surface area contributed by atoms with E-state index in [4.69, 9.17) is 23.2 Å². The van der Waals surface area contributed by atoms with Crippen LogP contribution < -0.4 is 4.90 Å². The number of pyridine rings is 1. The number of aliphatic hydroxyl groups is 1. The van der Waals surface area contributed by atoms with Gasteiger partial charge in [0.25, 0.3) is 0 Å². The van der Waals surface area contributed by atoms with Gasteiger partial charge in [-0.05, 0) is 31.4 Å². The molecule has 0 aromatic carbocycles. The van der Waals surface area contributed by atoms with Crippen molar-refractivity contribution < 1.29 is 9.50 Å². The van der Waals surface area contributed by atoms with Crippen LogP contribution in [0.1, 0.15) is 18.5 Å². The summed E-state index contributed by atoms with van der Waals surface area (Å²) in [5, 5.41) is 10.0. The van der Waals surface area contributed by atoms with E-state index in [0.29, 0.717) is 30.0 Å². The Balaban J connectivity index is 2.24. The van der Waals surface area contributed by atoms with Gasteiger partial charge in [0.05, 0.1) is 17.2 Å². The molecule has 112 valence electrons. The van der Waals surface area contributed by atoms with Gasteiger partial charge in [0.2, 0.25) is 5.28 Å². The van der Waals surface area contributed by atoms with E-state index >= 15 is 0 Å². The largest absolute Gasteiger partial charge is 0.391 e. The van der Waals surface area contributed by atoms with E-state index in [1.165, 1.54) is 0 Å². The van der Waals surface area contributed by atoms with Crippen LogP contribution in [-0.4, -0.2) is 39.3 Å². The second kappa shape index (κ2) is 5.51. The fourth-order valence-electron chi connectivity index (χ4n) is 2.64. The number of aromatic nitrogens is 3. The summed E-state index contributed by atoms with van der Waals surface area (Å²) in [6.45, 7) is 2.85. The number of aryl methyl sites for hydroxylation is 1. The van der Waals surface area contributed by atoms with Gasteiger partial charge in [-0.3, -0.25) is 0 Å². The van der Waals surface area contributed by atoms with Gasteiger partial charge in [-0.1, -0.05) is 11.6 Å². The fraction of sp³-hybridized carbons (Fsp3) is 0.462. The molecule has 0 bridgehead atoms. The van der Waals surface area contributed by atoms with Crippen LogP contribution in [0.2, 0.25) is 10.4 Å². The van der Waals surface area contributed by atoms with Crippen LogP contribution in [0.3, 0.4) is 0 Å². The Hall–Kier alpha value is -1.24. The highest BCUT2D eigenvalue weighted by molar-refractivity contribution is 6.31. The highest BCUT2D eigenvalue weighted by Crippen LogP contribution is 2.32. The summed E-state index contributed by atoms with van der Waals surface area (Å²) in [6, 6.07) is 0. The number of hydrogen-bond acceptors (Lipinski definition) is 5. The van der Waals surface area contributed by atoms with Crippen molar-refractivity contribution >= 4 is 39.9 Å². The van der Waals surface area contributed by atoms with Gasteiger partial charge < -0.3 is 10.0 Å². The predicted molar refractivity (Wildman–Crippen MR) is 79.5 cm³/mol. The van der Waals surface area contributed by atoms with Gasteiger partial charge in [-0.25, -0.2) is 14.4 Å². The predicted octanol–water partition coefficient (Wildman–Crippen LogP) is 2.74. The Kier molecular flexibility index (Phi) is 3.86. The van der Waals surface area contributed by atoms with Crippen LogP contribution in [0.25, 0.3) is 10.9 Å². The molecule has 0 saturated carbocycles. The third-order valence-corrected chi connectivity index (χ3v) is 3.99. The molecule has 2 aromatic heterocycles. The third kappa shape index (κ3) is 2.63. The Bertz CT molecular complexity index is 712. The van der Waals surface area contributed by atoms with Crippen molar-refractivity contribution in [1.82, 2.24) is 15.0 Å². The van der Waals surface area contributed by atoms with Gasteiger partial charge in [0, 0.05) is 13.1 Å². The van der Waals surface area contributed by atoms with E-state index in [9.17, 15) is 9.50 Å². The number of nitrogens with zero attached hydrogens (tertiary/aromatic N) is 4. The zero-order valence-corrected chi connectivity index (χ0v) is 12.8. The molecular weight excluding hydrogens is 318 g/mol. The van der Waals surface area contributed by atoms with Crippen LogP contribution >= 0.6 is 23.2 Å². The molecule has 1 aliphatic rings. The van der Waals surface area contributed by atoms with E-state index < -0.39 is 11.9 Å². The smallest absolute Gasteiger partial charge is 0.225 e. The standard InChI is InChI=1S/C13H13Cl2FN4O/c1-6-8-10(9(16)11(14)17-6)18-13(15)19-12(8)20-4-2-3-7(21)5-20/h7,21H,2-5H2,1H3. The molecule has 1 N–H and O–H groups in total. The first-order chi connectivity index (χ1) is 9.97. The van der Waals surface area contributed by atoms with Crippen molar-refractivity contribution in [3.8, 4) is 0 Å².